The molecule has 0 bridgehead atoms. The zero-order valence-corrected chi connectivity index (χ0v) is 15.3. The number of aromatic nitrogens is 3. The van der Waals surface area contributed by atoms with Crippen LogP contribution in [-0.4, -0.2) is 33.1 Å². The summed E-state index contributed by atoms with van der Waals surface area (Å²) in [6.45, 7) is 3.19. The van der Waals surface area contributed by atoms with E-state index in [9.17, 15) is 14.0 Å². The van der Waals surface area contributed by atoms with Crippen molar-refractivity contribution in [1.29, 1.82) is 0 Å². The molecule has 27 heavy (non-hydrogen) atoms. The zero-order chi connectivity index (χ0) is 19.6. The van der Waals surface area contributed by atoms with Crippen LogP contribution in [-0.2, 0) is 4.74 Å². The fourth-order valence-corrected chi connectivity index (χ4v) is 2.65. The molecule has 0 fully saturated rings. The summed E-state index contributed by atoms with van der Waals surface area (Å²) < 4.78 is 19.5. The molecular weight excluding hydrogens is 373 g/mol. The topological polar surface area (TPSA) is 74.1 Å². The van der Waals surface area contributed by atoms with E-state index in [0.717, 1.165) is 23.5 Å². The lowest BCUT2D eigenvalue weighted by Crippen LogP contribution is -2.16. The van der Waals surface area contributed by atoms with Gasteiger partial charge in [-0.15, -0.1) is 0 Å². The Hall–Kier alpha value is -3.06. The Morgan fingerprint density at radius 1 is 1.15 bits per heavy atom. The molecule has 0 aliphatic heterocycles. The zero-order valence-electron chi connectivity index (χ0n) is 14.6. The molecule has 0 unspecified atom stereocenters. The Bertz CT molecular complexity index is 1020. The molecule has 0 N–H and O–H groups in total. The second kappa shape index (κ2) is 7.67. The van der Waals surface area contributed by atoms with Gasteiger partial charge in [0, 0.05) is 11.3 Å². The first-order chi connectivity index (χ1) is 12.8. The van der Waals surface area contributed by atoms with E-state index in [0.29, 0.717) is 5.82 Å². The first kappa shape index (κ1) is 18.7. The van der Waals surface area contributed by atoms with Crippen molar-refractivity contribution in [2.75, 3.05) is 6.61 Å². The Morgan fingerprint density at radius 3 is 2.48 bits per heavy atom. The van der Waals surface area contributed by atoms with Crippen molar-refractivity contribution >= 4 is 23.4 Å². The number of hydrogen-bond acceptors (Lipinski definition) is 5. The van der Waals surface area contributed by atoms with Gasteiger partial charge in [-0.25, -0.2) is 18.9 Å². The summed E-state index contributed by atoms with van der Waals surface area (Å²) in [4.78, 5) is 28.6. The number of Topliss-reactive ketones (excluding diaryl/α,β-unsaturated/α-hetero) is 1. The molecule has 3 rings (SSSR count). The lowest BCUT2D eigenvalue weighted by atomic mass is 10.1. The first-order valence-corrected chi connectivity index (χ1v) is 8.39. The summed E-state index contributed by atoms with van der Waals surface area (Å²) in [5.41, 5.74) is 1.76. The molecule has 0 saturated carbocycles. The van der Waals surface area contributed by atoms with E-state index in [1.165, 1.54) is 18.2 Å². The van der Waals surface area contributed by atoms with Crippen LogP contribution in [0.25, 0.3) is 5.82 Å². The highest BCUT2D eigenvalue weighted by molar-refractivity contribution is 6.33. The van der Waals surface area contributed by atoms with Crippen LogP contribution in [0.1, 0.15) is 32.2 Å². The number of esters is 1. The van der Waals surface area contributed by atoms with Gasteiger partial charge >= 0.3 is 5.97 Å². The van der Waals surface area contributed by atoms with Crippen molar-refractivity contribution in [3.05, 3.63) is 75.9 Å². The maximum atomic E-state index is 12.9. The third-order valence-electron chi connectivity index (χ3n) is 3.75. The van der Waals surface area contributed by atoms with Crippen molar-refractivity contribution in [2.45, 2.75) is 13.8 Å². The van der Waals surface area contributed by atoms with Crippen LogP contribution >= 0.6 is 11.6 Å². The quantitative estimate of drug-likeness (QED) is 0.492. The van der Waals surface area contributed by atoms with Crippen LogP contribution < -0.4 is 0 Å². The van der Waals surface area contributed by atoms with E-state index in [2.05, 4.69) is 10.1 Å². The number of nitrogens with zero attached hydrogens (tertiary/aromatic N) is 3. The second-order valence-corrected chi connectivity index (χ2v) is 6.25. The van der Waals surface area contributed by atoms with Gasteiger partial charge in [0.15, 0.2) is 23.9 Å². The lowest BCUT2D eigenvalue weighted by molar-refractivity contribution is 0.0469. The molecule has 1 aromatic carbocycles. The Balaban J connectivity index is 1.76. The number of halogens is 2. The summed E-state index contributed by atoms with van der Waals surface area (Å²) in [6, 6.07) is 9.97. The standard InChI is InChI=1S/C19H15ClFN3O3/c1-11-9-12(2)24(23-11)17-8-7-15(20)18(22-17)19(26)27-10-16(25)13-3-5-14(21)6-4-13/h3-9H,10H2,1-2H3. The molecule has 0 aliphatic rings. The fourth-order valence-electron chi connectivity index (χ4n) is 2.47. The molecule has 0 aliphatic carbocycles. The van der Waals surface area contributed by atoms with Gasteiger partial charge in [-0.05, 0) is 56.3 Å². The highest BCUT2D eigenvalue weighted by atomic mass is 35.5. The van der Waals surface area contributed by atoms with E-state index >= 15 is 0 Å². The summed E-state index contributed by atoms with van der Waals surface area (Å²) in [5.74, 6) is -1.35. The van der Waals surface area contributed by atoms with Crippen LogP contribution in [0.4, 0.5) is 4.39 Å². The predicted octanol–water partition coefficient (Wildman–Crippen LogP) is 3.72. The van der Waals surface area contributed by atoms with Crippen LogP contribution in [0.3, 0.4) is 0 Å². The minimum atomic E-state index is -0.834. The fraction of sp³-hybridized carbons (Fsp3) is 0.158. The molecule has 0 saturated heterocycles. The molecule has 138 valence electrons. The third kappa shape index (κ3) is 4.20. The van der Waals surface area contributed by atoms with Crippen molar-refractivity contribution in [1.82, 2.24) is 14.8 Å². The smallest absolute Gasteiger partial charge is 0.359 e. The predicted molar refractivity (Wildman–Crippen MR) is 96.9 cm³/mol. The minimum Gasteiger partial charge on any atom is -0.453 e. The Kier molecular flexibility index (Phi) is 5.32. The number of carbonyl (C=O) groups excluding carboxylic acids is 2. The number of benzene rings is 1. The number of ketones is 1. The maximum Gasteiger partial charge on any atom is 0.359 e. The summed E-state index contributed by atoms with van der Waals surface area (Å²) >= 11 is 6.05. The average Bonchev–Trinajstić information content (AvgIpc) is 2.98. The average molecular weight is 388 g/mol. The molecule has 0 radical (unpaired) electrons. The van der Waals surface area contributed by atoms with Gasteiger partial charge in [0.1, 0.15) is 5.82 Å². The van der Waals surface area contributed by atoms with Gasteiger partial charge in [0.2, 0.25) is 0 Å². The number of rotatable bonds is 5. The molecule has 6 nitrogen and oxygen atoms in total. The molecular formula is C19H15ClFN3O3. The maximum absolute atomic E-state index is 12.9. The van der Waals surface area contributed by atoms with E-state index in [1.807, 2.05) is 19.9 Å². The van der Waals surface area contributed by atoms with Crippen molar-refractivity contribution in [3.63, 3.8) is 0 Å². The Morgan fingerprint density at radius 2 is 1.85 bits per heavy atom. The number of pyridine rings is 1. The highest BCUT2D eigenvalue weighted by Crippen LogP contribution is 2.18. The van der Waals surface area contributed by atoms with Crippen LogP contribution in [0.15, 0.2) is 42.5 Å². The van der Waals surface area contributed by atoms with E-state index in [1.54, 1.807) is 10.7 Å². The normalized spacial score (nSPS) is 10.7. The monoisotopic (exact) mass is 387 g/mol. The summed E-state index contributed by atoms with van der Waals surface area (Å²) in [5, 5.41) is 4.40. The first-order valence-electron chi connectivity index (χ1n) is 8.01. The third-order valence-corrected chi connectivity index (χ3v) is 4.06. The Labute approximate surface area is 159 Å². The number of hydrogen-bond donors (Lipinski definition) is 0. The van der Waals surface area contributed by atoms with E-state index in [-0.39, 0.29) is 16.3 Å². The SMILES string of the molecule is Cc1cc(C)n(-c2ccc(Cl)c(C(=O)OCC(=O)c3ccc(F)cc3)n2)n1. The van der Waals surface area contributed by atoms with Crippen LogP contribution in [0.5, 0.6) is 0 Å². The number of ether oxygens (including phenoxy) is 1. The van der Waals surface area contributed by atoms with Gasteiger partial charge in [-0.2, -0.15) is 5.10 Å². The molecule has 0 amide bonds. The molecule has 2 heterocycles. The minimum absolute atomic E-state index is 0.0968. The van der Waals surface area contributed by atoms with E-state index < -0.39 is 24.2 Å². The van der Waals surface area contributed by atoms with Crippen molar-refractivity contribution in [2.24, 2.45) is 0 Å². The van der Waals surface area contributed by atoms with Gasteiger partial charge < -0.3 is 4.74 Å². The molecule has 3 aromatic rings. The van der Waals surface area contributed by atoms with Gasteiger partial charge in [-0.3, -0.25) is 4.79 Å². The molecule has 8 heteroatoms. The van der Waals surface area contributed by atoms with Gasteiger partial charge in [0.25, 0.3) is 0 Å². The molecule has 2 aromatic heterocycles. The molecule has 0 spiro atoms. The van der Waals surface area contributed by atoms with Crippen molar-refractivity contribution in [3.8, 4) is 5.82 Å². The van der Waals surface area contributed by atoms with Gasteiger partial charge in [0.05, 0.1) is 10.7 Å². The number of aryl methyl sites for hydroxylation is 2. The highest BCUT2D eigenvalue weighted by Gasteiger charge is 2.18. The lowest BCUT2D eigenvalue weighted by Gasteiger charge is -2.08. The van der Waals surface area contributed by atoms with E-state index in [4.69, 9.17) is 16.3 Å². The summed E-state index contributed by atoms with van der Waals surface area (Å²) in [6.07, 6.45) is 0. The second-order valence-electron chi connectivity index (χ2n) is 5.84. The molecule has 0 atom stereocenters. The van der Waals surface area contributed by atoms with Crippen molar-refractivity contribution < 1.29 is 18.7 Å². The van der Waals surface area contributed by atoms with Crippen LogP contribution in [0, 0.1) is 19.7 Å². The van der Waals surface area contributed by atoms with Gasteiger partial charge in [-0.1, -0.05) is 11.6 Å². The number of carbonyl (C=O) groups is 2. The largest absolute Gasteiger partial charge is 0.453 e. The van der Waals surface area contributed by atoms with Crippen LogP contribution in [0.2, 0.25) is 5.02 Å². The summed E-state index contributed by atoms with van der Waals surface area (Å²) in [7, 11) is 0.